The number of furan rings is 1. The lowest BCUT2D eigenvalue weighted by molar-refractivity contribution is -0.402. The third-order valence-electron chi connectivity index (χ3n) is 3.69. The molecule has 142 valence electrons. The van der Waals surface area contributed by atoms with Gasteiger partial charge in [-0.1, -0.05) is 0 Å². The van der Waals surface area contributed by atoms with Crippen molar-refractivity contribution in [2.24, 2.45) is 0 Å². The van der Waals surface area contributed by atoms with Gasteiger partial charge in [0.15, 0.2) is 6.61 Å². The topological polar surface area (TPSA) is 141 Å². The first-order valence-corrected chi connectivity index (χ1v) is 8.03. The number of nitro groups is 1. The molecule has 0 saturated carbocycles. The molecule has 0 aromatic carbocycles. The zero-order chi connectivity index (χ0) is 19.1. The molecule has 0 aliphatic carbocycles. The molecule has 1 saturated heterocycles. The summed E-state index contributed by atoms with van der Waals surface area (Å²) >= 11 is 0. The highest BCUT2D eigenvalue weighted by Gasteiger charge is 2.25. The van der Waals surface area contributed by atoms with Crippen LogP contribution in [0.4, 0.5) is 10.7 Å². The summed E-state index contributed by atoms with van der Waals surface area (Å²) in [6.07, 6.45) is 0.741. The number of esters is 1. The van der Waals surface area contributed by atoms with E-state index in [0.29, 0.717) is 32.5 Å². The molecule has 0 radical (unpaired) electrons. The van der Waals surface area contributed by atoms with Gasteiger partial charge in [-0.15, -0.1) is 0 Å². The number of rotatable bonds is 6. The maximum atomic E-state index is 11.8. The van der Waals surface area contributed by atoms with Crippen molar-refractivity contribution in [2.75, 3.05) is 26.3 Å². The lowest BCUT2D eigenvalue weighted by Crippen LogP contribution is -2.47. The normalized spacial score (nSPS) is 14.6. The molecule has 1 aromatic rings. The second kappa shape index (κ2) is 8.83. The van der Waals surface area contributed by atoms with E-state index >= 15 is 0 Å². The fourth-order valence-corrected chi connectivity index (χ4v) is 2.43. The number of carbonyl (C=O) groups is 3. The number of nitrogens with zero attached hydrogens (tertiary/aromatic N) is 2. The second-order valence-corrected chi connectivity index (χ2v) is 5.50. The first-order valence-electron chi connectivity index (χ1n) is 8.03. The zero-order valence-corrected chi connectivity index (χ0v) is 14.1. The van der Waals surface area contributed by atoms with E-state index in [2.05, 4.69) is 9.73 Å². The number of carbonyl (C=O) groups excluding carboxylic acids is 3. The molecular weight excluding hydrogens is 350 g/mol. The van der Waals surface area contributed by atoms with Crippen LogP contribution in [0, 0.1) is 10.1 Å². The molecule has 1 N–H and O–H groups in total. The van der Waals surface area contributed by atoms with Crippen molar-refractivity contribution < 1.29 is 33.2 Å². The van der Waals surface area contributed by atoms with E-state index in [4.69, 9.17) is 9.47 Å². The van der Waals surface area contributed by atoms with Crippen LogP contribution in [0.15, 0.2) is 16.5 Å². The fourth-order valence-electron chi connectivity index (χ4n) is 2.43. The van der Waals surface area contributed by atoms with E-state index in [1.165, 1.54) is 0 Å². The molecule has 26 heavy (non-hydrogen) atoms. The predicted octanol–water partition coefficient (Wildman–Crippen LogP) is 1.08. The van der Waals surface area contributed by atoms with Crippen molar-refractivity contribution in [3.8, 4) is 0 Å². The molecule has 11 heteroatoms. The number of piperidine rings is 1. The molecule has 0 atom stereocenters. The number of hydrogen-bond acceptors (Lipinski definition) is 8. The van der Waals surface area contributed by atoms with E-state index in [9.17, 15) is 24.5 Å². The van der Waals surface area contributed by atoms with Crippen molar-refractivity contribution >= 4 is 23.9 Å². The first kappa shape index (κ1) is 19.2. The van der Waals surface area contributed by atoms with Crippen LogP contribution in [0.5, 0.6) is 0 Å². The Labute approximate surface area is 148 Å². The van der Waals surface area contributed by atoms with Crippen molar-refractivity contribution in [3.63, 3.8) is 0 Å². The molecule has 0 bridgehead atoms. The van der Waals surface area contributed by atoms with Gasteiger partial charge in [0.2, 0.25) is 5.76 Å². The standard InChI is InChI=1S/C15H19N3O8/c1-2-24-15(21)17-7-5-10(6-8-17)16-12(19)9-25-14(20)11-3-4-13(26-11)18(22)23/h3-4,10H,2,5-9H2,1H3,(H,16,19). The fraction of sp³-hybridized carbons (Fsp3) is 0.533. The number of ether oxygens (including phenoxy) is 2. The molecule has 2 amide bonds. The lowest BCUT2D eigenvalue weighted by Gasteiger charge is -2.31. The summed E-state index contributed by atoms with van der Waals surface area (Å²) in [6.45, 7) is 2.41. The summed E-state index contributed by atoms with van der Waals surface area (Å²) in [7, 11) is 0. The number of hydrogen-bond donors (Lipinski definition) is 1. The van der Waals surface area contributed by atoms with Gasteiger partial charge in [0.05, 0.1) is 12.7 Å². The summed E-state index contributed by atoms with van der Waals surface area (Å²) in [4.78, 5) is 46.4. The van der Waals surface area contributed by atoms with Gasteiger partial charge in [0.1, 0.15) is 4.92 Å². The average Bonchev–Trinajstić information content (AvgIpc) is 3.11. The Balaban J connectivity index is 1.71. The summed E-state index contributed by atoms with van der Waals surface area (Å²) < 4.78 is 14.4. The van der Waals surface area contributed by atoms with E-state index < -0.39 is 29.3 Å². The van der Waals surface area contributed by atoms with Crippen molar-refractivity contribution in [3.05, 3.63) is 28.0 Å². The molecule has 1 aliphatic rings. The maximum Gasteiger partial charge on any atom is 0.433 e. The average molecular weight is 369 g/mol. The van der Waals surface area contributed by atoms with Crippen LogP contribution in [0.3, 0.4) is 0 Å². The highest BCUT2D eigenvalue weighted by Crippen LogP contribution is 2.16. The van der Waals surface area contributed by atoms with Crippen LogP contribution in [0.2, 0.25) is 0 Å². The van der Waals surface area contributed by atoms with Crippen LogP contribution in [-0.4, -0.2) is 60.1 Å². The summed E-state index contributed by atoms with van der Waals surface area (Å²) in [6, 6.07) is 1.98. The minimum Gasteiger partial charge on any atom is -0.450 e. The van der Waals surface area contributed by atoms with Crippen LogP contribution in [0.1, 0.15) is 30.3 Å². The number of amides is 2. The van der Waals surface area contributed by atoms with Crippen molar-refractivity contribution in [2.45, 2.75) is 25.8 Å². The van der Waals surface area contributed by atoms with Gasteiger partial charge in [0.25, 0.3) is 5.91 Å². The molecule has 11 nitrogen and oxygen atoms in total. The Morgan fingerprint density at radius 1 is 1.31 bits per heavy atom. The SMILES string of the molecule is CCOC(=O)N1CCC(NC(=O)COC(=O)c2ccc([N+](=O)[O-])o2)CC1. The van der Waals surface area contributed by atoms with Gasteiger partial charge in [0, 0.05) is 19.1 Å². The molecular formula is C15H19N3O8. The van der Waals surface area contributed by atoms with Crippen LogP contribution in [-0.2, 0) is 14.3 Å². The van der Waals surface area contributed by atoms with Crippen LogP contribution >= 0.6 is 0 Å². The van der Waals surface area contributed by atoms with Crippen LogP contribution < -0.4 is 5.32 Å². The minimum absolute atomic E-state index is 0.142. The second-order valence-electron chi connectivity index (χ2n) is 5.50. The number of likely N-dealkylation sites (tertiary alicyclic amines) is 1. The Kier molecular flexibility index (Phi) is 6.53. The minimum atomic E-state index is -0.967. The Morgan fingerprint density at radius 3 is 2.58 bits per heavy atom. The molecule has 1 aromatic heterocycles. The molecule has 1 aliphatic heterocycles. The Hall–Kier alpha value is -3.11. The predicted molar refractivity (Wildman–Crippen MR) is 85.4 cm³/mol. The van der Waals surface area contributed by atoms with Gasteiger partial charge >= 0.3 is 17.9 Å². The van der Waals surface area contributed by atoms with E-state index in [-0.39, 0.29) is 17.9 Å². The van der Waals surface area contributed by atoms with E-state index in [0.717, 1.165) is 12.1 Å². The van der Waals surface area contributed by atoms with Crippen LogP contribution in [0.25, 0.3) is 0 Å². The third kappa shape index (κ3) is 5.19. The molecule has 2 rings (SSSR count). The summed E-state index contributed by atoms with van der Waals surface area (Å²) in [5, 5.41) is 13.2. The largest absolute Gasteiger partial charge is 0.450 e. The quantitative estimate of drug-likeness (QED) is 0.446. The third-order valence-corrected chi connectivity index (χ3v) is 3.69. The number of nitrogens with one attached hydrogen (secondary N) is 1. The summed E-state index contributed by atoms with van der Waals surface area (Å²) in [5.74, 6) is -2.42. The van der Waals surface area contributed by atoms with Gasteiger partial charge in [-0.2, -0.15) is 0 Å². The maximum absolute atomic E-state index is 11.8. The molecule has 0 spiro atoms. The molecule has 0 unspecified atom stereocenters. The lowest BCUT2D eigenvalue weighted by atomic mass is 10.1. The van der Waals surface area contributed by atoms with Gasteiger partial charge in [-0.25, -0.2) is 9.59 Å². The monoisotopic (exact) mass is 369 g/mol. The van der Waals surface area contributed by atoms with Crippen molar-refractivity contribution in [1.29, 1.82) is 0 Å². The zero-order valence-electron chi connectivity index (χ0n) is 14.1. The summed E-state index contributed by atoms with van der Waals surface area (Å²) in [5.41, 5.74) is 0. The first-order chi connectivity index (χ1) is 12.4. The van der Waals surface area contributed by atoms with Gasteiger partial charge < -0.3 is 24.1 Å². The van der Waals surface area contributed by atoms with E-state index in [1.54, 1.807) is 11.8 Å². The van der Waals surface area contributed by atoms with E-state index in [1.807, 2.05) is 0 Å². The van der Waals surface area contributed by atoms with Gasteiger partial charge in [-0.3, -0.25) is 14.9 Å². The highest BCUT2D eigenvalue weighted by molar-refractivity contribution is 5.89. The Bertz CT molecular complexity index is 678. The van der Waals surface area contributed by atoms with Gasteiger partial charge in [-0.05, 0) is 25.8 Å². The Morgan fingerprint density at radius 2 is 2.00 bits per heavy atom. The smallest absolute Gasteiger partial charge is 0.433 e. The van der Waals surface area contributed by atoms with Crippen molar-refractivity contribution in [1.82, 2.24) is 10.2 Å². The highest BCUT2D eigenvalue weighted by atomic mass is 16.7. The molecule has 2 heterocycles. The molecule has 1 fully saturated rings.